The fourth-order valence-corrected chi connectivity index (χ4v) is 2.83. The highest BCUT2D eigenvalue weighted by atomic mass is 16.5. The van der Waals surface area contributed by atoms with Crippen molar-refractivity contribution in [1.29, 1.82) is 0 Å². The first-order valence-corrected chi connectivity index (χ1v) is 8.07. The lowest BCUT2D eigenvalue weighted by atomic mass is 10.1. The van der Waals surface area contributed by atoms with Crippen molar-refractivity contribution in [2.24, 2.45) is 0 Å². The summed E-state index contributed by atoms with van der Waals surface area (Å²) in [6, 6.07) is 8.24. The number of anilines is 2. The van der Waals surface area contributed by atoms with E-state index in [2.05, 4.69) is 27.7 Å². The predicted molar refractivity (Wildman–Crippen MR) is 90.5 cm³/mol. The van der Waals surface area contributed by atoms with Gasteiger partial charge in [0.15, 0.2) is 0 Å². The molecule has 122 valence electrons. The lowest BCUT2D eigenvalue weighted by Crippen LogP contribution is -2.39. The van der Waals surface area contributed by atoms with Gasteiger partial charge in [-0.05, 0) is 38.3 Å². The molecule has 1 aliphatic heterocycles. The highest BCUT2D eigenvalue weighted by Gasteiger charge is 2.14. The topological polar surface area (TPSA) is 53.6 Å². The molecule has 5 nitrogen and oxygen atoms in total. The molecule has 1 saturated heterocycles. The van der Waals surface area contributed by atoms with Gasteiger partial charge in [-0.15, -0.1) is 0 Å². The van der Waals surface area contributed by atoms with E-state index in [1.807, 2.05) is 19.1 Å². The molecular formula is C17H27N3O2. The van der Waals surface area contributed by atoms with Crippen LogP contribution in [0, 0.1) is 0 Å². The maximum absolute atomic E-state index is 11.9. The second kappa shape index (κ2) is 8.63. The van der Waals surface area contributed by atoms with Crippen molar-refractivity contribution in [2.75, 3.05) is 43.6 Å². The summed E-state index contributed by atoms with van der Waals surface area (Å²) in [6.07, 6.45) is 3.79. The molecule has 22 heavy (non-hydrogen) atoms. The number of carbonyl (C=O) groups is 1. The number of carbonyl (C=O) groups excluding carboxylic acids is 1. The average molecular weight is 305 g/mol. The highest BCUT2D eigenvalue weighted by Crippen LogP contribution is 2.27. The summed E-state index contributed by atoms with van der Waals surface area (Å²) >= 11 is 0. The Kier molecular flexibility index (Phi) is 6.52. The van der Waals surface area contributed by atoms with Gasteiger partial charge in [0.05, 0.1) is 24.5 Å². The number of nitrogens with zero attached hydrogens (tertiary/aromatic N) is 1. The fraction of sp³-hybridized carbons (Fsp3) is 0.588. The zero-order valence-electron chi connectivity index (χ0n) is 13.6. The van der Waals surface area contributed by atoms with Crippen LogP contribution in [0.4, 0.5) is 11.4 Å². The molecule has 1 aromatic carbocycles. The quantitative estimate of drug-likeness (QED) is 0.811. The minimum atomic E-state index is -0.0157. The first-order chi connectivity index (χ1) is 10.7. The van der Waals surface area contributed by atoms with Gasteiger partial charge in [-0.3, -0.25) is 4.79 Å². The molecular weight excluding hydrogens is 278 g/mol. The van der Waals surface area contributed by atoms with Gasteiger partial charge in [0.1, 0.15) is 0 Å². The number of nitrogens with one attached hydrogen (secondary N) is 2. The Hall–Kier alpha value is -1.75. The fourth-order valence-electron chi connectivity index (χ4n) is 2.83. The third kappa shape index (κ3) is 4.91. The van der Waals surface area contributed by atoms with Crippen LogP contribution in [0.25, 0.3) is 0 Å². The van der Waals surface area contributed by atoms with Crippen LogP contribution in [0.3, 0.4) is 0 Å². The lowest BCUT2D eigenvalue weighted by Gasteiger charge is -2.30. The predicted octanol–water partition coefficient (Wildman–Crippen LogP) is 2.24. The van der Waals surface area contributed by atoms with Crippen molar-refractivity contribution < 1.29 is 9.53 Å². The van der Waals surface area contributed by atoms with E-state index in [-0.39, 0.29) is 18.5 Å². The van der Waals surface area contributed by atoms with Crippen molar-refractivity contribution in [2.45, 2.75) is 32.2 Å². The summed E-state index contributed by atoms with van der Waals surface area (Å²) in [5.41, 5.74) is 2.22. The van der Waals surface area contributed by atoms with Crippen molar-refractivity contribution in [1.82, 2.24) is 5.32 Å². The molecule has 0 bridgehead atoms. The number of ether oxygens (including phenoxy) is 1. The average Bonchev–Trinajstić information content (AvgIpc) is 2.54. The summed E-state index contributed by atoms with van der Waals surface area (Å²) < 4.78 is 5.02. The zero-order chi connectivity index (χ0) is 15.8. The van der Waals surface area contributed by atoms with E-state index in [1.54, 1.807) is 7.11 Å². The van der Waals surface area contributed by atoms with E-state index in [0.717, 1.165) is 18.8 Å². The minimum Gasteiger partial charge on any atom is -0.383 e. The molecule has 1 fully saturated rings. The Bertz CT molecular complexity index is 473. The number of benzene rings is 1. The summed E-state index contributed by atoms with van der Waals surface area (Å²) in [5, 5.41) is 6.17. The third-order valence-electron chi connectivity index (χ3n) is 3.86. The SMILES string of the molecule is COCC(C)NC(=O)CNc1ccccc1N1CCCCC1. The van der Waals surface area contributed by atoms with Gasteiger partial charge in [-0.1, -0.05) is 12.1 Å². The smallest absolute Gasteiger partial charge is 0.239 e. The van der Waals surface area contributed by atoms with E-state index in [0.29, 0.717) is 6.61 Å². The van der Waals surface area contributed by atoms with Crippen LogP contribution in [0.15, 0.2) is 24.3 Å². The Morgan fingerprint density at radius 2 is 2.00 bits per heavy atom. The Morgan fingerprint density at radius 1 is 1.27 bits per heavy atom. The molecule has 2 N–H and O–H groups in total. The standard InChI is InChI=1S/C17H27N3O2/c1-14(13-22-2)19-17(21)12-18-15-8-4-5-9-16(15)20-10-6-3-7-11-20/h4-5,8-9,14,18H,3,6-7,10-13H2,1-2H3,(H,19,21). The zero-order valence-corrected chi connectivity index (χ0v) is 13.6. The van der Waals surface area contributed by atoms with Gasteiger partial charge in [0.25, 0.3) is 0 Å². The van der Waals surface area contributed by atoms with E-state index in [4.69, 9.17) is 4.74 Å². The lowest BCUT2D eigenvalue weighted by molar-refractivity contribution is -0.120. The summed E-state index contributed by atoms with van der Waals surface area (Å²) in [6.45, 7) is 4.92. The van der Waals surface area contributed by atoms with Crippen LogP contribution in [0.2, 0.25) is 0 Å². The minimum absolute atomic E-state index is 0.0157. The van der Waals surface area contributed by atoms with E-state index in [1.165, 1.54) is 24.9 Å². The second-order valence-corrected chi connectivity index (χ2v) is 5.84. The van der Waals surface area contributed by atoms with Crippen LogP contribution in [0.1, 0.15) is 26.2 Å². The van der Waals surface area contributed by atoms with Gasteiger partial charge < -0.3 is 20.3 Å². The third-order valence-corrected chi connectivity index (χ3v) is 3.86. The normalized spacial score (nSPS) is 16.2. The number of methoxy groups -OCH3 is 1. The van der Waals surface area contributed by atoms with Crippen LogP contribution in [-0.4, -0.2) is 45.3 Å². The van der Waals surface area contributed by atoms with Crippen molar-refractivity contribution in [3.63, 3.8) is 0 Å². The van der Waals surface area contributed by atoms with E-state index in [9.17, 15) is 4.79 Å². The summed E-state index contributed by atoms with van der Waals surface area (Å²) in [5.74, 6) is -0.0157. The number of hydrogen-bond acceptors (Lipinski definition) is 4. The van der Waals surface area contributed by atoms with Crippen molar-refractivity contribution in [3.05, 3.63) is 24.3 Å². The van der Waals surface area contributed by atoms with Gasteiger partial charge >= 0.3 is 0 Å². The molecule has 1 aliphatic rings. The second-order valence-electron chi connectivity index (χ2n) is 5.84. The number of hydrogen-bond donors (Lipinski definition) is 2. The molecule has 1 atom stereocenters. The number of amides is 1. The van der Waals surface area contributed by atoms with Gasteiger partial charge in [0.2, 0.25) is 5.91 Å². The molecule has 1 amide bonds. The Labute approximate surface area is 133 Å². The van der Waals surface area contributed by atoms with Gasteiger partial charge in [0, 0.05) is 26.2 Å². The summed E-state index contributed by atoms with van der Waals surface area (Å²) in [4.78, 5) is 14.3. The van der Waals surface area contributed by atoms with Gasteiger partial charge in [-0.25, -0.2) is 0 Å². The van der Waals surface area contributed by atoms with Crippen LogP contribution in [-0.2, 0) is 9.53 Å². The number of rotatable bonds is 7. The molecule has 1 aromatic rings. The van der Waals surface area contributed by atoms with E-state index < -0.39 is 0 Å². The monoisotopic (exact) mass is 305 g/mol. The number of para-hydroxylation sites is 2. The molecule has 0 radical (unpaired) electrons. The molecule has 1 unspecified atom stereocenters. The van der Waals surface area contributed by atoms with Gasteiger partial charge in [-0.2, -0.15) is 0 Å². The summed E-state index contributed by atoms with van der Waals surface area (Å²) in [7, 11) is 1.63. The molecule has 0 aliphatic carbocycles. The maximum Gasteiger partial charge on any atom is 0.239 e. The van der Waals surface area contributed by atoms with Crippen LogP contribution in [0.5, 0.6) is 0 Å². The molecule has 1 heterocycles. The highest BCUT2D eigenvalue weighted by molar-refractivity contribution is 5.82. The molecule has 5 heteroatoms. The molecule has 0 spiro atoms. The van der Waals surface area contributed by atoms with Crippen LogP contribution >= 0.6 is 0 Å². The van der Waals surface area contributed by atoms with E-state index >= 15 is 0 Å². The maximum atomic E-state index is 11.9. The van der Waals surface area contributed by atoms with Crippen LogP contribution < -0.4 is 15.5 Å². The number of piperidine rings is 1. The molecule has 2 rings (SSSR count). The Balaban J connectivity index is 1.91. The Morgan fingerprint density at radius 3 is 2.73 bits per heavy atom. The first kappa shape index (κ1) is 16.6. The molecule has 0 aromatic heterocycles. The first-order valence-electron chi connectivity index (χ1n) is 8.07. The largest absolute Gasteiger partial charge is 0.383 e. The van der Waals surface area contributed by atoms with Crippen molar-refractivity contribution in [3.8, 4) is 0 Å². The molecule has 0 saturated carbocycles. The van der Waals surface area contributed by atoms with Crippen molar-refractivity contribution >= 4 is 17.3 Å².